The van der Waals surface area contributed by atoms with Crippen molar-refractivity contribution >= 4 is 28.1 Å². The number of nitrogens with zero attached hydrogens (tertiary/aromatic N) is 1. The van der Waals surface area contributed by atoms with E-state index in [9.17, 15) is 4.79 Å². The number of anilines is 1. The number of aromatic nitrogens is 1. The number of hydrogen-bond donors (Lipinski definition) is 2. The lowest BCUT2D eigenvalue weighted by atomic mass is 10.1. The topological polar surface area (TPSA) is 54.0 Å². The first kappa shape index (κ1) is 15.3. The zero-order chi connectivity index (χ0) is 15.2. The van der Waals surface area contributed by atoms with Crippen LogP contribution in [0.4, 0.5) is 9.93 Å². The molecule has 5 heteroatoms. The van der Waals surface area contributed by atoms with Crippen molar-refractivity contribution in [3.8, 4) is 0 Å². The normalized spacial score (nSPS) is 10.2. The standard InChI is InChI=1S/C16H19N3OS/c1-4-12-5-7-13(8-6-12)9-17-15(20)19-16-18-10-14(21-16)11(2)3/h5-8,10H,2,4,9H2,1,3H3,(H2,17,18,19,20). The first-order valence-electron chi connectivity index (χ1n) is 6.83. The van der Waals surface area contributed by atoms with Crippen LogP contribution in [-0.4, -0.2) is 11.0 Å². The molecule has 0 aliphatic heterocycles. The number of aryl methyl sites for hydroxylation is 1. The van der Waals surface area contributed by atoms with E-state index >= 15 is 0 Å². The summed E-state index contributed by atoms with van der Waals surface area (Å²) in [5, 5.41) is 6.12. The minimum absolute atomic E-state index is 0.253. The molecule has 2 N–H and O–H groups in total. The zero-order valence-corrected chi connectivity index (χ0v) is 13.1. The third-order valence-corrected chi connectivity index (χ3v) is 4.11. The highest BCUT2D eigenvalue weighted by atomic mass is 32.1. The van der Waals surface area contributed by atoms with Crippen molar-refractivity contribution < 1.29 is 4.79 Å². The Morgan fingerprint density at radius 1 is 1.29 bits per heavy atom. The number of hydrogen-bond acceptors (Lipinski definition) is 3. The average Bonchev–Trinajstić information content (AvgIpc) is 2.94. The molecule has 1 heterocycles. The first-order chi connectivity index (χ1) is 10.1. The van der Waals surface area contributed by atoms with Gasteiger partial charge in [0.2, 0.25) is 0 Å². The van der Waals surface area contributed by atoms with E-state index in [0.29, 0.717) is 11.7 Å². The van der Waals surface area contributed by atoms with Gasteiger partial charge in [0.05, 0.1) is 4.88 Å². The number of carbonyl (C=O) groups excluding carboxylic acids is 1. The van der Waals surface area contributed by atoms with Crippen molar-refractivity contribution in [1.82, 2.24) is 10.3 Å². The van der Waals surface area contributed by atoms with E-state index in [0.717, 1.165) is 22.4 Å². The molecule has 110 valence electrons. The number of rotatable bonds is 5. The van der Waals surface area contributed by atoms with Gasteiger partial charge in [-0.25, -0.2) is 9.78 Å². The highest BCUT2D eigenvalue weighted by Gasteiger charge is 2.06. The fraction of sp³-hybridized carbons (Fsp3) is 0.250. The fourth-order valence-corrected chi connectivity index (χ4v) is 2.48. The van der Waals surface area contributed by atoms with Crippen molar-refractivity contribution in [3.05, 3.63) is 53.0 Å². The molecule has 0 unspecified atom stereocenters. The lowest BCUT2D eigenvalue weighted by Gasteiger charge is -2.06. The molecule has 4 nitrogen and oxygen atoms in total. The Morgan fingerprint density at radius 3 is 2.52 bits per heavy atom. The third-order valence-electron chi connectivity index (χ3n) is 3.03. The number of benzene rings is 1. The average molecular weight is 301 g/mol. The van der Waals surface area contributed by atoms with E-state index in [4.69, 9.17) is 0 Å². The molecule has 0 saturated carbocycles. The van der Waals surface area contributed by atoms with Gasteiger partial charge >= 0.3 is 6.03 Å². The van der Waals surface area contributed by atoms with Crippen LogP contribution in [-0.2, 0) is 13.0 Å². The Kier molecular flexibility index (Phi) is 5.11. The predicted octanol–water partition coefficient (Wildman–Crippen LogP) is 4.06. The summed E-state index contributed by atoms with van der Waals surface area (Å²) in [6, 6.07) is 7.96. The van der Waals surface area contributed by atoms with Crippen LogP contribution >= 0.6 is 11.3 Å². The minimum atomic E-state index is -0.253. The molecule has 0 aliphatic rings. The van der Waals surface area contributed by atoms with Gasteiger partial charge in [-0.1, -0.05) is 49.1 Å². The van der Waals surface area contributed by atoms with Crippen LogP contribution < -0.4 is 10.6 Å². The number of carbonyl (C=O) groups is 1. The van der Waals surface area contributed by atoms with Crippen molar-refractivity contribution in [2.75, 3.05) is 5.32 Å². The fourth-order valence-electron chi connectivity index (χ4n) is 1.75. The molecular weight excluding hydrogens is 282 g/mol. The van der Waals surface area contributed by atoms with Gasteiger partial charge < -0.3 is 5.32 Å². The summed E-state index contributed by atoms with van der Waals surface area (Å²) >= 11 is 1.41. The second-order valence-electron chi connectivity index (χ2n) is 4.79. The van der Waals surface area contributed by atoms with Gasteiger partial charge in [-0.3, -0.25) is 5.32 Å². The number of thiazole rings is 1. The maximum Gasteiger partial charge on any atom is 0.321 e. The maximum atomic E-state index is 11.8. The Labute approximate surface area is 128 Å². The van der Waals surface area contributed by atoms with Crippen LogP contribution in [0, 0.1) is 0 Å². The summed E-state index contributed by atoms with van der Waals surface area (Å²) < 4.78 is 0. The van der Waals surface area contributed by atoms with Gasteiger partial charge in [0.25, 0.3) is 0 Å². The van der Waals surface area contributed by atoms with Gasteiger partial charge in [0.15, 0.2) is 5.13 Å². The minimum Gasteiger partial charge on any atom is -0.334 e. The molecule has 1 aromatic carbocycles. The van der Waals surface area contributed by atoms with Crippen molar-refractivity contribution in [1.29, 1.82) is 0 Å². The molecule has 0 atom stereocenters. The quantitative estimate of drug-likeness (QED) is 0.875. The Balaban J connectivity index is 1.84. The first-order valence-corrected chi connectivity index (χ1v) is 7.64. The summed E-state index contributed by atoms with van der Waals surface area (Å²) in [6.45, 7) is 8.38. The molecule has 0 aliphatic carbocycles. The van der Waals surface area contributed by atoms with Crippen LogP contribution in [0.15, 0.2) is 37.0 Å². The summed E-state index contributed by atoms with van der Waals surface area (Å²) in [5.41, 5.74) is 3.30. The smallest absolute Gasteiger partial charge is 0.321 e. The molecule has 1 aromatic heterocycles. The molecule has 2 amide bonds. The monoisotopic (exact) mass is 301 g/mol. The number of amides is 2. The Hall–Kier alpha value is -2.14. The van der Waals surface area contributed by atoms with Crippen molar-refractivity contribution in [3.63, 3.8) is 0 Å². The summed E-state index contributed by atoms with van der Waals surface area (Å²) in [7, 11) is 0. The van der Waals surface area contributed by atoms with Gasteiger partial charge in [-0.05, 0) is 30.0 Å². The lowest BCUT2D eigenvalue weighted by Crippen LogP contribution is -2.28. The summed E-state index contributed by atoms with van der Waals surface area (Å²) in [4.78, 5) is 16.9. The van der Waals surface area contributed by atoms with E-state index < -0.39 is 0 Å². The van der Waals surface area contributed by atoms with E-state index in [1.807, 2.05) is 19.1 Å². The molecular formula is C16H19N3OS. The maximum absolute atomic E-state index is 11.8. The van der Waals surface area contributed by atoms with E-state index in [1.54, 1.807) is 6.20 Å². The largest absolute Gasteiger partial charge is 0.334 e. The van der Waals surface area contributed by atoms with Crippen LogP contribution in [0.2, 0.25) is 0 Å². The summed E-state index contributed by atoms with van der Waals surface area (Å²) in [5.74, 6) is 0. The van der Waals surface area contributed by atoms with E-state index in [2.05, 4.69) is 41.3 Å². The van der Waals surface area contributed by atoms with Crippen LogP contribution in [0.3, 0.4) is 0 Å². The van der Waals surface area contributed by atoms with Gasteiger partial charge in [0, 0.05) is 12.7 Å². The highest BCUT2D eigenvalue weighted by molar-refractivity contribution is 7.16. The van der Waals surface area contributed by atoms with Crippen molar-refractivity contribution in [2.24, 2.45) is 0 Å². The van der Waals surface area contributed by atoms with Crippen LogP contribution in [0.1, 0.15) is 29.9 Å². The molecule has 0 spiro atoms. The Morgan fingerprint density at radius 2 is 1.95 bits per heavy atom. The summed E-state index contributed by atoms with van der Waals surface area (Å²) in [6.07, 6.45) is 2.73. The van der Waals surface area contributed by atoms with Gasteiger partial charge in [-0.2, -0.15) is 0 Å². The second kappa shape index (κ2) is 7.04. The predicted molar refractivity (Wildman–Crippen MR) is 88.5 cm³/mol. The molecule has 0 bridgehead atoms. The molecule has 0 fully saturated rings. The van der Waals surface area contributed by atoms with Gasteiger partial charge in [-0.15, -0.1) is 0 Å². The molecule has 0 saturated heterocycles. The molecule has 2 rings (SSSR count). The SMILES string of the molecule is C=C(C)c1cnc(NC(=O)NCc2ccc(CC)cc2)s1. The number of allylic oxidation sites excluding steroid dienone is 1. The van der Waals surface area contributed by atoms with Crippen molar-refractivity contribution in [2.45, 2.75) is 26.8 Å². The number of urea groups is 1. The lowest BCUT2D eigenvalue weighted by molar-refractivity contribution is 0.251. The zero-order valence-electron chi connectivity index (χ0n) is 12.3. The number of nitrogens with one attached hydrogen (secondary N) is 2. The second-order valence-corrected chi connectivity index (χ2v) is 5.82. The van der Waals surface area contributed by atoms with E-state index in [-0.39, 0.29) is 6.03 Å². The molecule has 2 aromatic rings. The third kappa shape index (κ3) is 4.43. The van der Waals surface area contributed by atoms with Gasteiger partial charge in [0.1, 0.15) is 0 Å². The Bertz CT molecular complexity index is 631. The molecule has 0 radical (unpaired) electrons. The highest BCUT2D eigenvalue weighted by Crippen LogP contribution is 2.23. The van der Waals surface area contributed by atoms with E-state index in [1.165, 1.54) is 16.9 Å². The van der Waals surface area contributed by atoms with Crippen LogP contribution in [0.5, 0.6) is 0 Å². The van der Waals surface area contributed by atoms with Crippen LogP contribution in [0.25, 0.3) is 5.57 Å². The molecule has 21 heavy (non-hydrogen) atoms.